The van der Waals surface area contributed by atoms with E-state index in [1.54, 1.807) is 0 Å². The Balaban J connectivity index is 1.85. The van der Waals surface area contributed by atoms with Gasteiger partial charge in [0, 0.05) is 18.1 Å². The highest BCUT2D eigenvalue weighted by atomic mass is 15.2. The van der Waals surface area contributed by atoms with Crippen LogP contribution in [0.3, 0.4) is 0 Å². The summed E-state index contributed by atoms with van der Waals surface area (Å²) in [6.45, 7) is 3.41. The van der Waals surface area contributed by atoms with Crippen LogP contribution in [0.5, 0.6) is 0 Å². The van der Waals surface area contributed by atoms with E-state index in [1.165, 1.54) is 36.8 Å². The van der Waals surface area contributed by atoms with Crippen molar-refractivity contribution in [2.75, 3.05) is 6.54 Å². The van der Waals surface area contributed by atoms with Crippen molar-refractivity contribution in [1.82, 2.24) is 4.90 Å². The van der Waals surface area contributed by atoms with Crippen LogP contribution < -0.4 is 5.73 Å². The molecule has 0 bridgehead atoms. The minimum Gasteiger partial charge on any atom is -0.323 e. The van der Waals surface area contributed by atoms with Crippen molar-refractivity contribution in [3.8, 4) is 0 Å². The summed E-state index contributed by atoms with van der Waals surface area (Å²) in [6, 6.07) is 10.3. The zero-order chi connectivity index (χ0) is 11.8. The Labute approximate surface area is 104 Å². The van der Waals surface area contributed by atoms with E-state index in [0.717, 1.165) is 12.6 Å². The molecule has 0 amide bonds. The van der Waals surface area contributed by atoms with Gasteiger partial charge in [0.1, 0.15) is 0 Å². The average Bonchev–Trinajstić information content (AvgIpc) is 3.18. The molecular formula is C15H22N2. The lowest BCUT2D eigenvalue weighted by Gasteiger charge is -2.39. The summed E-state index contributed by atoms with van der Waals surface area (Å²) < 4.78 is 0. The Morgan fingerprint density at radius 1 is 1.24 bits per heavy atom. The van der Waals surface area contributed by atoms with Crippen molar-refractivity contribution in [3.63, 3.8) is 0 Å². The molecule has 0 aromatic heterocycles. The van der Waals surface area contributed by atoms with Crippen molar-refractivity contribution in [3.05, 3.63) is 35.4 Å². The van der Waals surface area contributed by atoms with Gasteiger partial charge in [0.2, 0.25) is 0 Å². The minimum atomic E-state index is 0.209. The number of rotatable bonds is 3. The number of aryl methyl sites for hydroxylation is 1. The second kappa shape index (κ2) is 4.43. The first-order valence-corrected chi connectivity index (χ1v) is 6.90. The third-order valence-electron chi connectivity index (χ3n) is 4.35. The first-order chi connectivity index (χ1) is 8.31. The maximum Gasteiger partial charge on any atom is 0.0456 e. The first-order valence-electron chi connectivity index (χ1n) is 6.90. The predicted molar refractivity (Wildman–Crippen MR) is 70.9 cm³/mol. The van der Waals surface area contributed by atoms with Gasteiger partial charge >= 0.3 is 0 Å². The fourth-order valence-corrected chi connectivity index (χ4v) is 3.32. The Bertz CT molecular complexity index is 398. The second-order valence-corrected chi connectivity index (χ2v) is 5.39. The molecule has 17 heavy (non-hydrogen) atoms. The number of fused-ring (bicyclic) bond motifs is 1. The van der Waals surface area contributed by atoms with E-state index in [-0.39, 0.29) is 6.04 Å². The molecule has 3 rings (SSSR count). The van der Waals surface area contributed by atoms with Gasteiger partial charge in [-0.25, -0.2) is 0 Å². The molecule has 0 radical (unpaired) electrons. The summed E-state index contributed by atoms with van der Waals surface area (Å²) in [6.07, 6.45) is 5.16. The van der Waals surface area contributed by atoms with Gasteiger partial charge in [0.15, 0.2) is 0 Å². The zero-order valence-electron chi connectivity index (χ0n) is 10.6. The van der Waals surface area contributed by atoms with Gasteiger partial charge in [0.25, 0.3) is 0 Å². The molecule has 2 atom stereocenters. The lowest BCUT2D eigenvalue weighted by Crippen LogP contribution is -2.46. The van der Waals surface area contributed by atoms with Crippen LogP contribution in [0.1, 0.15) is 43.4 Å². The molecule has 1 aromatic carbocycles. The monoisotopic (exact) mass is 230 g/mol. The quantitative estimate of drug-likeness (QED) is 0.864. The normalized spacial score (nSPS) is 28.2. The number of nitrogens with zero attached hydrogens (tertiary/aromatic N) is 1. The largest absolute Gasteiger partial charge is 0.323 e. The van der Waals surface area contributed by atoms with Crippen LogP contribution in [0.25, 0.3) is 0 Å². The van der Waals surface area contributed by atoms with Crippen molar-refractivity contribution in [1.29, 1.82) is 0 Å². The molecular weight excluding hydrogens is 208 g/mol. The third-order valence-corrected chi connectivity index (χ3v) is 4.35. The van der Waals surface area contributed by atoms with Gasteiger partial charge in [-0.05, 0) is 43.4 Å². The van der Waals surface area contributed by atoms with Crippen LogP contribution in [0.4, 0.5) is 0 Å². The lowest BCUT2D eigenvalue weighted by atomic mass is 9.83. The Hall–Kier alpha value is -0.860. The van der Waals surface area contributed by atoms with E-state index < -0.39 is 0 Å². The Morgan fingerprint density at radius 2 is 2.00 bits per heavy atom. The summed E-state index contributed by atoms with van der Waals surface area (Å²) in [7, 11) is 0. The molecule has 2 aliphatic carbocycles. The van der Waals surface area contributed by atoms with Gasteiger partial charge in [0.05, 0.1) is 0 Å². The molecule has 1 fully saturated rings. The van der Waals surface area contributed by atoms with Gasteiger partial charge in [-0.2, -0.15) is 0 Å². The summed E-state index contributed by atoms with van der Waals surface area (Å²) in [5.41, 5.74) is 9.33. The first kappa shape index (κ1) is 11.2. The number of nitrogens with two attached hydrogens (primary N) is 1. The summed E-state index contributed by atoms with van der Waals surface area (Å²) in [4.78, 5) is 2.64. The van der Waals surface area contributed by atoms with Crippen molar-refractivity contribution in [2.45, 2.75) is 50.7 Å². The van der Waals surface area contributed by atoms with Crippen molar-refractivity contribution >= 4 is 0 Å². The zero-order valence-corrected chi connectivity index (χ0v) is 10.6. The maximum atomic E-state index is 6.49. The van der Waals surface area contributed by atoms with E-state index in [4.69, 9.17) is 5.73 Å². The van der Waals surface area contributed by atoms with Gasteiger partial charge in [-0.3, -0.25) is 4.90 Å². The molecule has 0 heterocycles. The molecule has 92 valence electrons. The van der Waals surface area contributed by atoms with Crippen LogP contribution in [-0.4, -0.2) is 23.5 Å². The molecule has 1 aromatic rings. The number of hydrogen-bond acceptors (Lipinski definition) is 2. The van der Waals surface area contributed by atoms with E-state index in [1.807, 2.05) is 0 Å². The standard InChI is InChI=1S/C15H22N2/c1-2-17(12-8-9-12)14-10-7-11-5-3-4-6-13(11)15(14)16/h3-6,12,14-15H,2,7-10,16H2,1H3. The van der Waals surface area contributed by atoms with Crippen LogP contribution in [-0.2, 0) is 6.42 Å². The highest BCUT2D eigenvalue weighted by Crippen LogP contribution is 2.37. The van der Waals surface area contributed by atoms with Crippen LogP contribution >= 0.6 is 0 Å². The smallest absolute Gasteiger partial charge is 0.0456 e. The minimum absolute atomic E-state index is 0.209. The molecule has 1 saturated carbocycles. The lowest BCUT2D eigenvalue weighted by molar-refractivity contribution is 0.154. The second-order valence-electron chi connectivity index (χ2n) is 5.39. The van der Waals surface area contributed by atoms with Crippen LogP contribution in [0, 0.1) is 0 Å². The molecule has 0 saturated heterocycles. The summed E-state index contributed by atoms with van der Waals surface area (Å²) in [5.74, 6) is 0. The van der Waals surface area contributed by atoms with Crippen molar-refractivity contribution in [2.24, 2.45) is 5.73 Å². The van der Waals surface area contributed by atoms with E-state index >= 15 is 0 Å². The Morgan fingerprint density at radius 3 is 2.71 bits per heavy atom. The van der Waals surface area contributed by atoms with Crippen molar-refractivity contribution < 1.29 is 0 Å². The Kier molecular flexibility index (Phi) is 2.93. The number of likely N-dealkylation sites (N-methyl/N-ethyl adjacent to an activating group) is 1. The highest BCUT2D eigenvalue weighted by molar-refractivity contribution is 5.33. The molecule has 2 nitrogen and oxygen atoms in total. The SMILES string of the molecule is CCN(C1CC1)C1CCc2ccccc2C1N. The van der Waals surface area contributed by atoms with E-state index in [0.29, 0.717) is 6.04 Å². The molecule has 2 heteroatoms. The van der Waals surface area contributed by atoms with Gasteiger partial charge in [-0.1, -0.05) is 31.2 Å². The molecule has 2 N–H and O–H groups in total. The fraction of sp³-hybridized carbons (Fsp3) is 0.600. The van der Waals surface area contributed by atoms with Gasteiger partial charge < -0.3 is 5.73 Å². The molecule has 0 aliphatic heterocycles. The third kappa shape index (κ3) is 2.00. The van der Waals surface area contributed by atoms with Gasteiger partial charge in [-0.15, -0.1) is 0 Å². The van der Waals surface area contributed by atoms with E-state index in [2.05, 4.69) is 36.1 Å². The molecule has 2 aliphatic rings. The fourth-order valence-electron chi connectivity index (χ4n) is 3.32. The summed E-state index contributed by atoms with van der Waals surface area (Å²) >= 11 is 0. The van der Waals surface area contributed by atoms with Crippen LogP contribution in [0.2, 0.25) is 0 Å². The topological polar surface area (TPSA) is 29.3 Å². The predicted octanol–water partition coefficient (Wildman–Crippen LogP) is 2.49. The molecule has 2 unspecified atom stereocenters. The maximum absolute atomic E-state index is 6.49. The summed E-state index contributed by atoms with van der Waals surface area (Å²) in [5, 5.41) is 0. The number of benzene rings is 1. The highest BCUT2D eigenvalue weighted by Gasteiger charge is 2.37. The van der Waals surface area contributed by atoms with Crippen LogP contribution in [0.15, 0.2) is 24.3 Å². The number of hydrogen-bond donors (Lipinski definition) is 1. The average molecular weight is 230 g/mol. The van der Waals surface area contributed by atoms with E-state index in [9.17, 15) is 0 Å². The molecule has 0 spiro atoms.